The van der Waals surface area contributed by atoms with E-state index in [1.807, 2.05) is 6.92 Å². The molecule has 1 N–H and O–H groups in total. The number of hydrogen-bond acceptors (Lipinski definition) is 5. The maximum Gasteiger partial charge on any atom is 0.261 e. The number of sulfonamides is 2. The van der Waals surface area contributed by atoms with Crippen molar-refractivity contribution < 1.29 is 21.6 Å². The van der Waals surface area contributed by atoms with Crippen molar-refractivity contribution in [3.8, 4) is 0 Å². The molecular weight excluding hydrogens is 474 g/mol. The normalized spacial score (nSPS) is 15.1. The summed E-state index contributed by atoms with van der Waals surface area (Å²) >= 11 is 0. The second-order valence-corrected chi connectivity index (χ2v) is 11.6. The van der Waals surface area contributed by atoms with Crippen molar-refractivity contribution in [1.29, 1.82) is 0 Å². The van der Waals surface area contributed by atoms with Crippen molar-refractivity contribution in [2.24, 2.45) is 0 Å². The number of carbonyl (C=O) groups is 1. The Labute approximate surface area is 199 Å². The molecule has 8 nitrogen and oxygen atoms in total. The molecule has 4 rings (SSSR count). The number of anilines is 1. The second-order valence-electron chi connectivity index (χ2n) is 8.01. The van der Waals surface area contributed by atoms with Gasteiger partial charge in [-0.2, -0.15) is 4.31 Å². The number of rotatable bonds is 6. The number of nitrogens with zero attached hydrogens (tertiary/aromatic N) is 2. The Morgan fingerprint density at radius 1 is 0.735 bits per heavy atom. The first-order chi connectivity index (χ1) is 16.2. The first-order valence-electron chi connectivity index (χ1n) is 10.7. The summed E-state index contributed by atoms with van der Waals surface area (Å²) in [6.45, 7) is 2.83. The van der Waals surface area contributed by atoms with Crippen LogP contribution in [0.25, 0.3) is 0 Å². The number of hydrogen-bond donors (Lipinski definition) is 1. The molecule has 1 aliphatic heterocycles. The lowest BCUT2D eigenvalue weighted by Crippen LogP contribution is -2.50. The fourth-order valence-corrected chi connectivity index (χ4v) is 6.17. The number of piperazine rings is 1. The molecule has 178 valence electrons. The molecule has 1 aliphatic rings. The third-order valence-electron chi connectivity index (χ3n) is 5.62. The van der Waals surface area contributed by atoms with Gasteiger partial charge in [-0.1, -0.05) is 35.9 Å². The third kappa shape index (κ3) is 5.14. The average molecular weight is 500 g/mol. The van der Waals surface area contributed by atoms with E-state index in [1.165, 1.54) is 28.6 Å². The van der Waals surface area contributed by atoms with Gasteiger partial charge in [0.05, 0.1) is 9.79 Å². The van der Waals surface area contributed by atoms with E-state index < -0.39 is 20.0 Å². The topological polar surface area (TPSA) is 104 Å². The molecule has 0 aliphatic carbocycles. The van der Waals surface area contributed by atoms with Crippen molar-refractivity contribution in [3.05, 3.63) is 90.0 Å². The molecule has 1 amide bonds. The minimum Gasteiger partial charge on any atom is -0.336 e. The highest BCUT2D eigenvalue weighted by atomic mass is 32.2. The van der Waals surface area contributed by atoms with Gasteiger partial charge in [0.15, 0.2) is 0 Å². The number of aryl methyl sites for hydroxylation is 1. The van der Waals surface area contributed by atoms with E-state index in [4.69, 9.17) is 0 Å². The van der Waals surface area contributed by atoms with Gasteiger partial charge in [0, 0.05) is 37.4 Å². The van der Waals surface area contributed by atoms with Gasteiger partial charge in [-0.3, -0.25) is 9.52 Å². The van der Waals surface area contributed by atoms with E-state index in [9.17, 15) is 21.6 Å². The van der Waals surface area contributed by atoms with Crippen molar-refractivity contribution >= 4 is 31.6 Å². The van der Waals surface area contributed by atoms with E-state index in [-0.39, 0.29) is 41.9 Å². The van der Waals surface area contributed by atoms with E-state index in [0.29, 0.717) is 11.3 Å². The molecule has 1 heterocycles. The van der Waals surface area contributed by atoms with Crippen LogP contribution >= 0.6 is 0 Å². The molecule has 0 unspecified atom stereocenters. The van der Waals surface area contributed by atoms with Crippen LogP contribution in [-0.4, -0.2) is 58.1 Å². The van der Waals surface area contributed by atoms with Crippen molar-refractivity contribution in [1.82, 2.24) is 9.21 Å². The fourth-order valence-electron chi connectivity index (χ4n) is 3.67. The summed E-state index contributed by atoms with van der Waals surface area (Å²) in [6.07, 6.45) is 0. The summed E-state index contributed by atoms with van der Waals surface area (Å²) in [5, 5.41) is 0. The Morgan fingerprint density at radius 2 is 1.32 bits per heavy atom. The molecule has 0 saturated carbocycles. The van der Waals surface area contributed by atoms with Crippen LogP contribution in [0.2, 0.25) is 0 Å². The van der Waals surface area contributed by atoms with E-state index in [0.717, 1.165) is 5.56 Å². The van der Waals surface area contributed by atoms with Gasteiger partial charge in [0.1, 0.15) is 0 Å². The molecule has 3 aromatic carbocycles. The number of nitrogens with one attached hydrogen (secondary N) is 1. The minimum absolute atomic E-state index is 0.154. The Balaban J connectivity index is 1.38. The Hall–Kier alpha value is -3.21. The van der Waals surface area contributed by atoms with Gasteiger partial charge in [-0.05, 0) is 55.5 Å². The van der Waals surface area contributed by atoms with E-state index >= 15 is 0 Å². The largest absolute Gasteiger partial charge is 0.336 e. The minimum atomic E-state index is -3.73. The zero-order valence-electron chi connectivity index (χ0n) is 18.6. The maximum atomic E-state index is 12.9. The zero-order valence-corrected chi connectivity index (χ0v) is 20.2. The lowest BCUT2D eigenvalue weighted by atomic mass is 10.1. The zero-order chi connectivity index (χ0) is 24.3. The van der Waals surface area contributed by atoms with E-state index in [1.54, 1.807) is 59.5 Å². The molecule has 10 heteroatoms. The highest BCUT2D eigenvalue weighted by Gasteiger charge is 2.30. The quantitative estimate of drug-likeness (QED) is 0.562. The highest BCUT2D eigenvalue weighted by Crippen LogP contribution is 2.20. The second kappa shape index (κ2) is 9.57. The highest BCUT2D eigenvalue weighted by molar-refractivity contribution is 7.92. The summed E-state index contributed by atoms with van der Waals surface area (Å²) < 4.78 is 54.5. The Bertz CT molecular complexity index is 1360. The van der Waals surface area contributed by atoms with Crippen LogP contribution in [0.5, 0.6) is 0 Å². The fraction of sp³-hybridized carbons (Fsp3) is 0.208. The van der Waals surface area contributed by atoms with Crippen LogP contribution in [0.3, 0.4) is 0 Å². The van der Waals surface area contributed by atoms with Crippen LogP contribution in [0.1, 0.15) is 15.9 Å². The number of amides is 1. The molecule has 0 bridgehead atoms. The van der Waals surface area contributed by atoms with Gasteiger partial charge in [0.2, 0.25) is 10.0 Å². The summed E-state index contributed by atoms with van der Waals surface area (Å²) in [4.78, 5) is 14.9. The van der Waals surface area contributed by atoms with Gasteiger partial charge in [-0.25, -0.2) is 16.8 Å². The Kier molecular flexibility index (Phi) is 6.74. The van der Waals surface area contributed by atoms with Crippen molar-refractivity contribution in [3.63, 3.8) is 0 Å². The predicted molar refractivity (Wildman–Crippen MR) is 130 cm³/mol. The van der Waals surface area contributed by atoms with Gasteiger partial charge >= 0.3 is 0 Å². The lowest BCUT2D eigenvalue weighted by Gasteiger charge is -2.34. The predicted octanol–water partition coefficient (Wildman–Crippen LogP) is 2.94. The van der Waals surface area contributed by atoms with Gasteiger partial charge in [-0.15, -0.1) is 0 Å². The molecule has 1 fully saturated rings. The third-order valence-corrected chi connectivity index (χ3v) is 8.93. The maximum absolute atomic E-state index is 12.9. The standard InChI is InChI=1S/C24H25N3O5S2/c1-19-7-13-22(14-8-19)33(29,30)25-21-11-9-20(10-12-21)24(28)26-15-17-27(18-16-26)34(31,32)23-5-3-2-4-6-23/h2-14,25H,15-18H2,1H3. The summed E-state index contributed by atoms with van der Waals surface area (Å²) in [5.74, 6) is -0.232. The van der Waals surface area contributed by atoms with E-state index in [2.05, 4.69) is 4.72 Å². The van der Waals surface area contributed by atoms with Crippen molar-refractivity contribution in [2.75, 3.05) is 30.9 Å². The SMILES string of the molecule is Cc1ccc(S(=O)(=O)Nc2ccc(C(=O)N3CCN(S(=O)(=O)c4ccccc4)CC3)cc2)cc1. The van der Waals surface area contributed by atoms with Crippen LogP contribution in [0, 0.1) is 6.92 Å². The van der Waals surface area contributed by atoms with Gasteiger partial charge in [0.25, 0.3) is 15.9 Å². The molecule has 3 aromatic rings. The van der Waals surface area contributed by atoms with Crippen LogP contribution in [-0.2, 0) is 20.0 Å². The molecule has 0 aromatic heterocycles. The molecular formula is C24H25N3O5S2. The summed E-state index contributed by atoms with van der Waals surface area (Å²) in [6, 6.07) is 20.9. The number of carbonyl (C=O) groups excluding carboxylic acids is 1. The monoisotopic (exact) mass is 499 g/mol. The van der Waals surface area contributed by atoms with Crippen molar-refractivity contribution in [2.45, 2.75) is 16.7 Å². The first kappa shape index (κ1) is 23.9. The molecule has 0 atom stereocenters. The average Bonchev–Trinajstić information content (AvgIpc) is 2.85. The molecule has 34 heavy (non-hydrogen) atoms. The lowest BCUT2D eigenvalue weighted by molar-refractivity contribution is 0.0698. The smallest absolute Gasteiger partial charge is 0.261 e. The summed E-state index contributed by atoms with van der Waals surface area (Å²) in [7, 11) is -7.33. The summed E-state index contributed by atoms with van der Waals surface area (Å²) in [5.41, 5.74) is 1.70. The van der Waals surface area contributed by atoms with Gasteiger partial charge < -0.3 is 4.90 Å². The molecule has 0 radical (unpaired) electrons. The Morgan fingerprint density at radius 3 is 1.91 bits per heavy atom. The molecule has 1 saturated heterocycles. The first-order valence-corrected chi connectivity index (χ1v) is 13.6. The van der Waals surface area contributed by atoms with Crippen LogP contribution < -0.4 is 4.72 Å². The molecule has 0 spiro atoms. The van der Waals surface area contributed by atoms with Crippen LogP contribution in [0.15, 0.2) is 88.7 Å². The van der Waals surface area contributed by atoms with Crippen LogP contribution in [0.4, 0.5) is 5.69 Å². The number of benzene rings is 3.